The van der Waals surface area contributed by atoms with Gasteiger partial charge in [0.15, 0.2) is 0 Å². The highest BCUT2D eigenvalue weighted by Gasteiger charge is 2.38. The van der Waals surface area contributed by atoms with Gasteiger partial charge in [-0.3, -0.25) is 0 Å². The van der Waals surface area contributed by atoms with Gasteiger partial charge in [0.1, 0.15) is 0 Å². The standard InChI is InChI=1S/C27H18N2/c1-28-16-29(17-8-3-2-4-9-17)25-15-23-22(14-24(25)28)21-13-7-12-20-18-10-5-6-11-19(18)27(23)26(20)21/h2-15,27H,1H3. The number of rotatable bonds is 1. The molecule has 1 unspecified atom stereocenters. The number of fused-ring (bicyclic) bond motifs is 7. The minimum Gasteiger partial charge on any atom is -0.319 e. The molecule has 2 heteroatoms. The Labute approximate surface area is 169 Å². The molecule has 4 aromatic carbocycles. The number of hydrogen-bond acceptors (Lipinski definition) is 0. The summed E-state index contributed by atoms with van der Waals surface area (Å²) in [6.07, 6.45) is 3.49. The van der Waals surface area contributed by atoms with E-state index in [2.05, 4.69) is 107 Å². The van der Waals surface area contributed by atoms with Gasteiger partial charge in [0.05, 0.1) is 23.8 Å². The van der Waals surface area contributed by atoms with Crippen molar-refractivity contribution in [2.24, 2.45) is 7.05 Å². The molecule has 0 radical (unpaired) electrons. The van der Waals surface area contributed by atoms with E-state index in [9.17, 15) is 0 Å². The number of aromatic nitrogens is 2. The van der Waals surface area contributed by atoms with Gasteiger partial charge in [0, 0.05) is 5.92 Å². The summed E-state index contributed by atoms with van der Waals surface area (Å²) in [5.41, 5.74) is 13.4. The Morgan fingerprint density at radius 2 is 1.45 bits per heavy atom. The monoisotopic (exact) mass is 370 g/mol. The molecule has 0 amide bonds. The fourth-order valence-electron chi connectivity index (χ4n) is 5.36. The topological polar surface area (TPSA) is 8.81 Å². The second-order valence-corrected chi connectivity index (χ2v) is 8.05. The lowest BCUT2D eigenvalue weighted by Gasteiger charge is -2.13. The minimum atomic E-state index is 0.334. The third-order valence-electron chi connectivity index (χ3n) is 6.57. The zero-order valence-corrected chi connectivity index (χ0v) is 16.1. The molecule has 0 N–H and O–H groups in total. The number of para-hydroxylation sites is 1. The molecule has 1 atom stereocenters. The lowest BCUT2D eigenvalue weighted by atomic mass is 9.93. The minimum absolute atomic E-state index is 0.334. The van der Waals surface area contributed by atoms with Crippen molar-refractivity contribution in [3.05, 3.63) is 108 Å². The lowest BCUT2D eigenvalue weighted by molar-refractivity contribution is -0.649. The molecule has 29 heavy (non-hydrogen) atoms. The second kappa shape index (κ2) is 5.24. The van der Waals surface area contributed by atoms with Crippen LogP contribution in [0.4, 0.5) is 0 Å². The van der Waals surface area contributed by atoms with Gasteiger partial charge >= 0.3 is 0 Å². The van der Waals surface area contributed by atoms with Gasteiger partial charge in [-0.2, -0.15) is 0 Å². The Hall–Kier alpha value is -3.65. The SMILES string of the molecule is C[n+]1[c-]n(-c2ccccc2)c2cc3c(cc21)-c1cccc2c1C3c1ccccc1-2. The van der Waals surface area contributed by atoms with Gasteiger partial charge < -0.3 is 9.13 Å². The molecular weight excluding hydrogens is 352 g/mol. The van der Waals surface area contributed by atoms with Crippen LogP contribution in [0.15, 0.2) is 84.9 Å². The summed E-state index contributed by atoms with van der Waals surface area (Å²) in [6, 6.07) is 30.9. The van der Waals surface area contributed by atoms with E-state index in [1.54, 1.807) is 0 Å². The Morgan fingerprint density at radius 1 is 0.724 bits per heavy atom. The molecule has 2 aliphatic carbocycles. The van der Waals surface area contributed by atoms with Crippen molar-refractivity contribution in [3.63, 3.8) is 0 Å². The van der Waals surface area contributed by atoms with Crippen molar-refractivity contribution >= 4 is 11.0 Å². The Balaban J connectivity index is 1.57. The fourth-order valence-corrected chi connectivity index (χ4v) is 5.36. The Bertz CT molecular complexity index is 1460. The van der Waals surface area contributed by atoms with E-state index in [0.717, 1.165) is 5.69 Å². The Kier molecular flexibility index (Phi) is 2.76. The van der Waals surface area contributed by atoms with Gasteiger partial charge in [-0.15, -0.1) is 0 Å². The van der Waals surface area contributed by atoms with E-state index < -0.39 is 0 Å². The number of aryl methyl sites for hydroxylation is 1. The van der Waals surface area contributed by atoms with Crippen LogP contribution in [-0.4, -0.2) is 4.57 Å². The third-order valence-corrected chi connectivity index (χ3v) is 6.57. The lowest BCUT2D eigenvalue weighted by Crippen LogP contribution is -2.26. The summed E-state index contributed by atoms with van der Waals surface area (Å²) in [5.74, 6) is 0.334. The van der Waals surface area contributed by atoms with Crippen molar-refractivity contribution in [1.82, 2.24) is 4.57 Å². The van der Waals surface area contributed by atoms with Crippen LogP contribution in [0.25, 0.3) is 39.0 Å². The first-order chi connectivity index (χ1) is 14.3. The number of hydrogen-bond donors (Lipinski definition) is 0. The predicted molar refractivity (Wildman–Crippen MR) is 115 cm³/mol. The third kappa shape index (κ3) is 1.84. The zero-order chi connectivity index (χ0) is 19.1. The molecule has 2 nitrogen and oxygen atoms in total. The summed E-state index contributed by atoms with van der Waals surface area (Å²) >= 11 is 0. The summed E-state index contributed by atoms with van der Waals surface area (Å²) in [5, 5.41) is 0. The van der Waals surface area contributed by atoms with Crippen LogP contribution < -0.4 is 4.57 Å². The first-order valence-corrected chi connectivity index (χ1v) is 10.1. The predicted octanol–water partition coefficient (Wildman–Crippen LogP) is 5.40. The molecule has 0 fully saturated rings. The normalized spacial score (nSPS) is 15.4. The molecule has 1 heterocycles. The van der Waals surface area contributed by atoms with Crippen LogP contribution in [0, 0.1) is 6.33 Å². The van der Waals surface area contributed by atoms with Crippen molar-refractivity contribution in [1.29, 1.82) is 0 Å². The van der Waals surface area contributed by atoms with Gasteiger partial charge in [0.2, 0.25) is 6.33 Å². The average molecular weight is 370 g/mol. The Morgan fingerprint density at radius 3 is 2.31 bits per heavy atom. The quantitative estimate of drug-likeness (QED) is 0.270. The van der Waals surface area contributed by atoms with Crippen molar-refractivity contribution in [2.45, 2.75) is 5.92 Å². The highest BCUT2D eigenvalue weighted by atomic mass is 15.1. The molecule has 136 valence electrons. The molecule has 0 aliphatic heterocycles. The van der Waals surface area contributed by atoms with E-state index in [4.69, 9.17) is 0 Å². The molecule has 0 saturated carbocycles. The first kappa shape index (κ1) is 15.3. The maximum absolute atomic E-state index is 3.49. The van der Waals surface area contributed by atoms with E-state index in [0.29, 0.717) is 5.92 Å². The number of benzene rings is 4. The maximum Gasteiger partial charge on any atom is 0.244 e. The van der Waals surface area contributed by atoms with E-state index >= 15 is 0 Å². The van der Waals surface area contributed by atoms with Gasteiger partial charge in [-0.25, -0.2) is 0 Å². The maximum atomic E-state index is 3.49. The van der Waals surface area contributed by atoms with Crippen LogP contribution >= 0.6 is 0 Å². The van der Waals surface area contributed by atoms with Crippen molar-refractivity contribution < 1.29 is 4.57 Å². The molecule has 0 bridgehead atoms. The van der Waals surface area contributed by atoms with E-state index in [-0.39, 0.29) is 0 Å². The van der Waals surface area contributed by atoms with E-state index in [1.807, 2.05) is 0 Å². The highest BCUT2D eigenvalue weighted by molar-refractivity contribution is 5.97. The van der Waals surface area contributed by atoms with Crippen molar-refractivity contribution in [3.8, 4) is 27.9 Å². The molecule has 1 aromatic heterocycles. The number of nitrogens with zero attached hydrogens (tertiary/aromatic N) is 2. The van der Waals surface area contributed by atoms with Crippen LogP contribution in [0.1, 0.15) is 22.6 Å². The van der Waals surface area contributed by atoms with Crippen LogP contribution in [0.3, 0.4) is 0 Å². The number of imidazole rings is 1. The van der Waals surface area contributed by atoms with Gasteiger partial charge in [-0.05, 0) is 38.9 Å². The summed E-state index contributed by atoms with van der Waals surface area (Å²) in [4.78, 5) is 0. The largest absolute Gasteiger partial charge is 0.319 e. The summed E-state index contributed by atoms with van der Waals surface area (Å²) in [7, 11) is 2.08. The molecule has 0 spiro atoms. The fraction of sp³-hybridized carbons (Fsp3) is 0.0741. The van der Waals surface area contributed by atoms with Crippen LogP contribution in [0.5, 0.6) is 0 Å². The summed E-state index contributed by atoms with van der Waals surface area (Å²) in [6.45, 7) is 0. The molecule has 5 aromatic rings. The van der Waals surface area contributed by atoms with Crippen LogP contribution in [-0.2, 0) is 7.05 Å². The molecule has 2 aliphatic rings. The molecular formula is C27H18N2. The second-order valence-electron chi connectivity index (χ2n) is 8.05. The smallest absolute Gasteiger partial charge is 0.244 e. The van der Waals surface area contributed by atoms with E-state index in [1.165, 1.54) is 50.0 Å². The zero-order valence-electron chi connectivity index (χ0n) is 16.1. The van der Waals surface area contributed by atoms with Crippen molar-refractivity contribution in [2.75, 3.05) is 0 Å². The van der Waals surface area contributed by atoms with Crippen LogP contribution in [0.2, 0.25) is 0 Å². The highest BCUT2D eigenvalue weighted by Crippen LogP contribution is 2.58. The first-order valence-electron chi connectivity index (χ1n) is 10.1. The van der Waals surface area contributed by atoms with Gasteiger partial charge in [-0.1, -0.05) is 84.9 Å². The van der Waals surface area contributed by atoms with Gasteiger partial charge in [0.25, 0.3) is 0 Å². The molecule has 7 rings (SSSR count). The average Bonchev–Trinajstić information content (AvgIpc) is 3.40. The summed E-state index contributed by atoms with van der Waals surface area (Å²) < 4.78 is 4.29. The molecule has 0 saturated heterocycles.